The molecular weight excluding hydrogens is 344 g/mol. The van der Waals surface area contributed by atoms with Crippen LogP contribution in [-0.2, 0) is 22.7 Å². The molecule has 2 atom stereocenters. The molecule has 6 heteroatoms. The number of hydrogen-bond donors (Lipinski definition) is 2. The highest BCUT2D eigenvalue weighted by Gasteiger charge is 2.15. The maximum Gasteiger partial charge on any atom is 0.407 e. The Kier molecular flexibility index (Phi) is 8.16. The second-order valence-electron chi connectivity index (χ2n) is 6.04. The molecule has 2 amide bonds. The molecule has 0 fully saturated rings. The number of carbonyl (C=O) groups excluding carboxylic acids is 2. The smallest absolute Gasteiger partial charge is 0.407 e. The molecule has 2 rings (SSSR count). The first-order valence-corrected chi connectivity index (χ1v) is 8.63. The summed E-state index contributed by atoms with van der Waals surface area (Å²) in [4.78, 5) is 23.6. The molecule has 2 aromatic rings. The van der Waals surface area contributed by atoms with Crippen molar-refractivity contribution >= 4 is 12.2 Å². The van der Waals surface area contributed by atoms with E-state index in [4.69, 9.17) is 9.47 Å². The van der Waals surface area contributed by atoms with E-state index in [1.807, 2.05) is 60.7 Å². The Morgan fingerprint density at radius 2 is 1.11 bits per heavy atom. The Bertz CT molecular complexity index is 645. The second-order valence-corrected chi connectivity index (χ2v) is 6.04. The standard InChI is InChI=1S/C21H24N2O4/c1-16(22-20(24)26-14-18-9-5-3-6-10-18)13-17(2)23-21(25)27-15-19-11-7-4-8-12-19/h3-12,16-17H,1-2,13-15H2,(H,22,24)(H,23,25). The van der Waals surface area contributed by atoms with Crippen LogP contribution in [-0.4, -0.2) is 24.3 Å². The molecular formula is C21H24N2O4. The number of ether oxygens (including phenoxy) is 2. The van der Waals surface area contributed by atoms with Crippen LogP contribution in [0.5, 0.6) is 0 Å². The Labute approximate surface area is 159 Å². The Morgan fingerprint density at radius 3 is 1.48 bits per heavy atom. The average Bonchev–Trinajstić information content (AvgIpc) is 2.66. The van der Waals surface area contributed by atoms with Crippen molar-refractivity contribution < 1.29 is 19.1 Å². The molecule has 0 bridgehead atoms. The second kappa shape index (κ2) is 10.9. The van der Waals surface area contributed by atoms with Gasteiger partial charge in [-0.3, -0.25) is 0 Å². The summed E-state index contributed by atoms with van der Waals surface area (Å²) in [6.07, 6.45) is -0.809. The first-order chi connectivity index (χ1) is 13.0. The minimum absolute atomic E-state index is 0.178. The fraction of sp³-hybridized carbons (Fsp3) is 0.238. The van der Waals surface area contributed by atoms with Crippen LogP contribution in [0, 0.1) is 13.8 Å². The molecule has 6 nitrogen and oxygen atoms in total. The van der Waals surface area contributed by atoms with Crippen LogP contribution < -0.4 is 10.6 Å². The Balaban J connectivity index is 1.63. The third kappa shape index (κ3) is 8.27. The van der Waals surface area contributed by atoms with Gasteiger partial charge in [-0.25, -0.2) is 9.59 Å². The molecule has 142 valence electrons. The maximum absolute atomic E-state index is 11.8. The maximum atomic E-state index is 11.8. The van der Waals surface area contributed by atoms with Crippen LogP contribution >= 0.6 is 0 Å². The van der Waals surface area contributed by atoms with Gasteiger partial charge in [0, 0.05) is 12.1 Å². The average molecular weight is 368 g/mol. The van der Waals surface area contributed by atoms with Gasteiger partial charge in [0.2, 0.25) is 0 Å². The minimum atomic E-state index is -0.572. The number of benzene rings is 2. The van der Waals surface area contributed by atoms with E-state index in [1.165, 1.54) is 0 Å². The van der Waals surface area contributed by atoms with Crippen molar-refractivity contribution in [3.63, 3.8) is 0 Å². The monoisotopic (exact) mass is 368 g/mol. The van der Waals surface area contributed by atoms with Gasteiger partial charge in [-0.1, -0.05) is 60.7 Å². The highest BCUT2D eigenvalue weighted by Crippen LogP contribution is 2.04. The Morgan fingerprint density at radius 1 is 0.741 bits per heavy atom. The van der Waals surface area contributed by atoms with Gasteiger partial charge in [-0.15, -0.1) is 0 Å². The zero-order valence-corrected chi connectivity index (χ0v) is 15.1. The summed E-state index contributed by atoms with van der Waals surface area (Å²) < 4.78 is 10.3. The predicted molar refractivity (Wildman–Crippen MR) is 102 cm³/mol. The van der Waals surface area contributed by atoms with E-state index < -0.39 is 24.3 Å². The summed E-state index contributed by atoms with van der Waals surface area (Å²) in [5.74, 6) is 0. The van der Waals surface area contributed by atoms with E-state index in [1.54, 1.807) is 0 Å². The fourth-order valence-electron chi connectivity index (χ4n) is 2.32. The van der Waals surface area contributed by atoms with E-state index in [-0.39, 0.29) is 13.2 Å². The first-order valence-electron chi connectivity index (χ1n) is 8.63. The number of carbonyl (C=O) groups is 2. The Hall–Kier alpha value is -3.02. The zero-order chi connectivity index (χ0) is 19.5. The molecule has 27 heavy (non-hydrogen) atoms. The third-order valence-corrected chi connectivity index (χ3v) is 3.64. The number of amides is 2. The lowest BCUT2D eigenvalue weighted by atomic mass is 10.1. The van der Waals surface area contributed by atoms with Gasteiger partial charge in [0.15, 0.2) is 0 Å². The van der Waals surface area contributed by atoms with E-state index >= 15 is 0 Å². The summed E-state index contributed by atoms with van der Waals surface area (Å²) in [6, 6.07) is 17.8. The van der Waals surface area contributed by atoms with E-state index in [2.05, 4.69) is 24.5 Å². The molecule has 0 spiro atoms. The molecule has 2 radical (unpaired) electrons. The molecule has 0 heterocycles. The van der Waals surface area contributed by atoms with E-state index in [9.17, 15) is 9.59 Å². The largest absolute Gasteiger partial charge is 0.445 e. The third-order valence-electron chi connectivity index (χ3n) is 3.64. The number of hydrogen-bond acceptors (Lipinski definition) is 4. The topological polar surface area (TPSA) is 76.7 Å². The number of rotatable bonds is 8. The lowest BCUT2D eigenvalue weighted by Gasteiger charge is -2.19. The van der Waals surface area contributed by atoms with Crippen molar-refractivity contribution in [2.75, 3.05) is 0 Å². The predicted octanol–water partition coefficient (Wildman–Crippen LogP) is 3.63. The van der Waals surface area contributed by atoms with Crippen molar-refractivity contribution in [2.45, 2.75) is 31.7 Å². The fourth-order valence-corrected chi connectivity index (χ4v) is 2.32. The lowest BCUT2D eigenvalue weighted by molar-refractivity contribution is 0.134. The quantitative estimate of drug-likeness (QED) is 0.746. The molecule has 0 saturated carbocycles. The van der Waals surface area contributed by atoms with E-state index in [0.29, 0.717) is 6.42 Å². The van der Waals surface area contributed by atoms with Gasteiger partial charge in [0.1, 0.15) is 13.2 Å². The molecule has 0 aromatic heterocycles. The van der Waals surface area contributed by atoms with Gasteiger partial charge in [0.05, 0.1) is 0 Å². The van der Waals surface area contributed by atoms with Crippen molar-refractivity contribution in [1.82, 2.24) is 10.6 Å². The zero-order valence-electron chi connectivity index (χ0n) is 15.1. The minimum Gasteiger partial charge on any atom is -0.445 e. The molecule has 0 aliphatic heterocycles. The lowest BCUT2D eigenvalue weighted by Crippen LogP contribution is -2.41. The molecule has 2 aromatic carbocycles. The molecule has 0 saturated heterocycles. The highest BCUT2D eigenvalue weighted by atomic mass is 16.6. The van der Waals surface area contributed by atoms with Gasteiger partial charge in [-0.2, -0.15) is 0 Å². The number of alkyl carbamates (subject to hydrolysis) is 2. The molecule has 0 aliphatic rings. The SMILES string of the molecule is [CH2]C(CC([CH2])NC(=O)OCc1ccccc1)NC(=O)OCc1ccccc1. The van der Waals surface area contributed by atoms with Crippen LogP contribution in [0.4, 0.5) is 9.59 Å². The van der Waals surface area contributed by atoms with Crippen LogP contribution in [0.1, 0.15) is 17.5 Å². The van der Waals surface area contributed by atoms with Gasteiger partial charge < -0.3 is 20.1 Å². The number of nitrogens with one attached hydrogen (secondary N) is 2. The normalized spacial score (nSPS) is 12.5. The molecule has 0 aliphatic carbocycles. The molecule has 2 unspecified atom stereocenters. The van der Waals surface area contributed by atoms with Crippen molar-refractivity contribution in [3.05, 3.63) is 85.6 Å². The first kappa shape index (κ1) is 20.3. The van der Waals surface area contributed by atoms with Crippen LogP contribution in [0.2, 0.25) is 0 Å². The summed E-state index contributed by atoms with van der Waals surface area (Å²) in [6.45, 7) is 8.02. The van der Waals surface area contributed by atoms with Crippen LogP contribution in [0.25, 0.3) is 0 Å². The van der Waals surface area contributed by atoms with Crippen molar-refractivity contribution in [2.24, 2.45) is 0 Å². The van der Waals surface area contributed by atoms with Crippen LogP contribution in [0.15, 0.2) is 60.7 Å². The summed E-state index contributed by atoms with van der Waals surface area (Å²) >= 11 is 0. The van der Waals surface area contributed by atoms with Crippen molar-refractivity contribution in [1.29, 1.82) is 0 Å². The van der Waals surface area contributed by atoms with E-state index in [0.717, 1.165) is 11.1 Å². The van der Waals surface area contributed by atoms with Crippen LogP contribution in [0.3, 0.4) is 0 Å². The summed E-state index contributed by atoms with van der Waals surface area (Å²) in [5.41, 5.74) is 1.79. The van der Waals surface area contributed by atoms with Gasteiger partial charge in [-0.05, 0) is 31.4 Å². The molecule has 2 N–H and O–H groups in total. The summed E-state index contributed by atoms with van der Waals surface area (Å²) in [5, 5.41) is 5.22. The van der Waals surface area contributed by atoms with Gasteiger partial charge >= 0.3 is 12.2 Å². The highest BCUT2D eigenvalue weighted by molar-refractivity contribution is 5.68. The van der Waals surface area contributed by atoms with Crippen molar-refractivity contribution in [3.8, 4) is 0 Å². The summed E-state index contributed by atoms with van der Waals surface area (Å²) in [7, 11) is 0. The van der Waals surface area contributed by atoms with Gasteiger partial charge in [0.25, 0.3) is 0 Å².